The minimum Gasteiger partial charge on any atom is -0.394 e. The van der Waals surface area contributed by atoms with Gasteiger partial charge in [-0.25, -0.2) is 4.52 Å². The summed E-state index contributed by atoms with van der Waals surface area (Å²) in [5, 5.41) is 7.64. The maximum atomic E-state index is 6.00. The van der Waals surface area contributed by atoms with Gasteiger partial charge in [0.05, 0.1) is 32.7 Å². The van der Waals surface area contributed by atoms with Crippen LogP contribution in [0.15, 0.2) is 24.4 Å². The second-order valence-electron chi connectivity index (χ2n) is 4.18. The van der Waals surface area contributed by atoms with E-state index in [1.807, 2.05) is 24.4 Å². The minimum atomic E-state index is 0.717. The first-order chi connectivity index (χ1) is 7.68. The molecule has 0 aliphatic rings. The Balaban J connectivity index is 2.15. The van der Waals surface area contributed by atoms with E-state index in [4.69, 9.17) is 5.73 Å². The fraction of sp³-hybridized carbons (Fsp3) is 0.364. The maximum absolute atomic E-state index is 6.00. The molecule has 0 saturated carbocycles. The largest absolute Gasteiger partial charge is 0.394 e. The molecule has 2 rings (SSSR count). The van der Waals surface area contributed by atoms with E-state index < -0.39 is 0 Å². The summed E-state index contributed by atoms with van der Waals surface area (Å²) in [6, 6.07) is 5.86. The number of fused-ring (bicyclic) bond motifs is 1. The van der Waals surface area contributed by atoms with Crippen LogP contribution in [0.25, 0.3) is 5.52 Å². The van der Waals surface area contributed by atoms with Crippen LogP contribution in [0.3, 0.4) is 0 Å². The number of hydrogen-bond acceptors (Lipinski definition) is 3. The predicted octanol–water partition coefficient (Wildman–Crippen LogP) is -0.527. The number of aromatic nitrogens is 2. The molecule has 0 bridgehead atoms. The van der Waals surface area contributed by atoms with Gasteiger partial charge < -0.3 is 16.0 Å². The highest BCUT2D eigenvalue weighted by atomic mass is 15.3. The zero-order valence-electron chi connectivity index (χ0n) is 9.70. The molecule has 2 aromatic heterocycles. The van der Waals surface area contributed by atoms with Gasteiger partial charge in [-0.2, -0.15) is 0 Å². The summed E-state index contributed by atoms with van der Waals surface area (Å²) in [5.41, 5.74) is 7.67. The Kier molecular flexibility index (Phi) is 2.96. The van der Waals surface area contributed by atoms with Crippen molar-refractivity contribution >= 4 is 17.0 Å². The highest BCUT2D eigenvalue weighted by Crippen LogP contribution is 2.21. The Bertz CT molecular complexity index is 474. The van der Waals surface area contributed by atoms with Gasteiger partial charge in [-0.1, -0.05) is 6.07 Å². The molecule has 0 saturated heterocycles. The van der Waals surface area contributed by atoms with Gasteiger partial charge >= 0.3 is 0 Å². The molecule has 16 heavy (non-hydrogen) atoms. The van der Waals surface area contributed by atoms with Crippen molar-refractivity contribution in [2.75, 3.05) is 38.2 Å². The summed E-state index contributed by atoms with van der Waals surface area (Å²) in [6.45, 7) is 1.91. The third kappa shape index (κ3) is 2.09. The molecule has 0 aromatic carbocycles. The summed E-state index contributed by atoms with van der Waals surface area (Å²) < 4.78 is 1.79. The summed E-state index contributed by atoms with van der Waals surface area (Å²) >= 11 is 0. The Hall–Kier alpha value is -1.75. The van der Waals surface area contributed by atoms with E-state index in [0.29, 0.717) is 5.69 Å². The van der Waals surface area contributed by atoms with E-state index in [1.54, 1.807) is 4.52 Å². The van der Waals surface area contributed by atoms with Crippen molar-refractivity contribution in [2.24, 2.45) is 0 Å². The van der Waals surface area contributed by atoms with Gasteiger partial charge in [0.25, 0.3) is 0 Å². The molecule has 0 fully saturated rings. The van der Waals surface area contributed by atoms with Crippen LogP contribution in [0.1, 0.15) is 0 Å². The lowest BCUT2D eigenvalue weighted by atomic mass is 10.3. The van der Waals surface area contributed by atoms with Crippen molar-refractivity contribution < 1.29 is 4.90 Å². The normalized spacial score (nSPS) is 11.2. The van der Waals surface area contributed by atoms with Crippen LogP contribution >= 0.6 is 0 Å². The monoisotopic (exact) mass is 220 g/mol. The van der Waals surface area contributed by atoms with Crippen LogP contribution in [0.5, 0.6) is 0 Å². The molecule has 0 aliphatic carbocycles. The van der Waals surface area contributed by atoms with Gasteiger partial charge in [0.15, 0.2) is 5.82 Å². The van der Waals surface area contributed by atoms with Gasteiger partial charge in [-0.15, -0.1) is 5.10 Å². The number of hydrogen-bond donors (Lipinski definition) is 3. The van der Waals surface area contributed by atoms with E-state index in [0.717, 1.165) is 24.4 Å². The first kappa shape index (κ1) is 10.8. The molecule has 0 unspecified atom stereocenters. The number of nitrogen functional groups attached to an aromatic ring is 1. The molecule has 5 nitrogen and oxygen atoms in total. The Morgan fingerprint density at radius 1 is 1.44 bits per heavy atom. The van der Waals surface area contributed by atoms with Crippen molar-refractivity contribution in [3.05, 3.63) is 24.4 Å². The van der Waals surface area contributed by atoms with Crippen molar-refractivity contribution in [1.82, 2.24) is 9.61 Å². The zero-order valence-corrected chi connectivity index (χ0v) is 9.70. The molecular formula is C11H18N5+. The molecule has 0 amide bonds. The zero-order chi connectivity index (χ0) is 11.5. The van der Waals surface area contributed by atoms with Gasteiger partial charge in [0, 0.05) is 6.20 Å². The van der Waals surface area contributed by atoms with E-state index >= 15 is 0 Å². The molecule has 0 spiro atoms. The fourth-order valence-electron chi connectivity index (χ4n) is 1.58. The average molecular weight is 220 g/mol. The lowest BCUT2D eigenvalue weighted by Crippen LogP contribution is -3.06. The quantitative estimate of drug-likeness (QED) is 0.649. The lowest BCUT2D eigenvalue weighted by Gasteiger charge is -2.07. The van der Waals surface area contributed by atoms with E-state index in [9.17, 15) is 0 Å². The van der Waals surface area contributed by atoms with Crippen molar-refractivity contribution in [2.45, 2.75) is 0 Å². The van der Waals surface area contributed by atoms with E-state index in [2.05, 4.69) is 24.5 Å². The minimum absolute atomic E-state index is 0.717. The Morgan fingerprint density at radius 2 is 2.25 bits per heavy atom. The van der Waals surface area contributed by atoms with Crippen LogP contribution in [0, 0.1) is 0 Å². The van der Waals surface area contributed by atoms with Gasteiger partial charge in [0.1, 0.15) is 5.69 Å². The smallest absolute Gasteiger partial charge is 0.172 e. The third-order valence-electron chi connectivity index (χ3n) is 2.50. The molecule has 5 heteroatoms. The van der Waals surface area contributed by atoms with Crippen LogP contribution in [0.2, 0.25) is 0 Å². The molecule has 2 aromatic rings. The second-order valence-corrected chi connectivity index (χ2v) is 4.18. The van der Waals surface area contributed by atoms with Gasteiger partial charge in [-0.3, -0.25) is 0 Å². The topological polar surface area (TPSA) is 59.8 Å². The maximum Gasteiger partial charge on any atom is 0.172 e. The fourth-order valence-corrected chi connectivity index (χ4v) is 1.58. The molecular weight excluding hydrogens is 202 g/mol. The van der Waals surface area contributed by atoms with Crippen LogP contribution in [0.4, 0.5) is 11.5 Å². The number of nitrogens with one attached hydrogen (secondary N) is 2. The summed E-state index contributed by atoms with van der Waals surface area (Å²) in [5.74, 6) is 0.771. The van der Waals surface area contributed by atoms with E-state index in [-0.39, 0.29) is 0 Å². The number of nitrogens with zero attached hydrogens (tertiary/aromatic N) is 2. The standard InChI is InChI=1S/C11H17N5/c1-15(2)8-6-13-11-10(12)9-5-3-4-7-16(9)14-11/h3-5,7H,6,8,12H2,1-2H3,(H,13,14)/p+1. The molecule has 0 radical (unpaired) electrons. The molecule has 4 N–H and O–H groups in total. The average Bonchev–Trinajstić information content (AvgIpc) is 2.56. The van der Waals surface area contributed by atoms with E-state index in [1.165, 1.54) is 4.90 Å². The first-order valence-electron chi connectivity index (χ1n) is 5.44. The number of pyridine rings is 1. The number of anilines is 2. The molecule has 0 atom stereocenters. The molecule has 86 valence electrons. The van der Waals surface area contributed by atoms with Crippen molar-refractivity contribution in [3.8, 4) is 0 Å². The highest BCUT2D eigenvalue weighted by molar-refractivity contribution is 5.80. The predicted molar refractivity (Wildman–Crippen MR) is 65.8 cm³/mol. The Morgan fingerprint density at radius 3 is 2.94 bits per heavy atom. The summed E-state index contributed by atoms with van der Waals surface area (Å²) in [4.78, 5) is 1.40. The molecule has 2 heterocycles. The van der Waals surface area contributed by atoms with Crippen LogP contribution in [-0.4, -0.2) is 36.8 Å². The SMILES string of the molecule is C[NH+](C)CCNc1nn2ccccc2c1N. The first-order valence-corrected chi connectivity index (χ1v) is 5.44. The number of rotatable bonds is 4. The van der Waals surface area contributed by atoms with Gasteiger partial charge in [0.2, 0.25) is 0 Å². The third-order valence-corrected chi connectivity index (χ3v) is 2.50. The summed E-state index contributed by atoms with van der Waals surface area (Å²) in [7, 11) is 4.24. The second kappa shape index (κ2) is 4.40. The summed E-state index contributed by atoms with van der Waals surface area (Å²) in [6.07, 6.45) is 1.90. The van der Waals surface area contributed by atoms with Crippen LogP contribution in [-0.2, 0) is 0 Å². The van der Waals surface area contributed by atoms with Crippen LogP contribution < -0.4 is 16.0 Å². The Labute approximate surface area is 94.8 Å². The van der Waals surface area contributed by atoms with Gasteiger partial charge in [-0.05, 0) is 12.1 Å². The molecule has 0 aliphatic heterocycles. The number of nitrogens with two attached hydrogens (primary N) is 1. The highest BCUT2D eigenvalue weighted by Gasteiger charge is 2.08. The van der Waals surface area contributed by atoms with Crippen molar-refractivity contribution in [3.63, 3.8) is 0 Å². The number of quaternary nitrogens is 1. The lowest BCUT2D eigenvalue weighted by molar-refractivity contribution is -0.856. The van der Waals surface area contributed by atoms with Crippen molar-refractivity contribution in [1.29, 1.82) is 0 Å². The number of likely N-dealkylation sites (N-methyl/N-ethyl adjacent to an activating group) is 1.